The Balaban J connectivity index is 2.04. The van der Waals surface area contributed by atoms with Gasteiger partial charge in [-0.25, -0.2) is 14.5 Å². The van der Waals surface area contributed by atoms with Crippen LogP contribution in [0.25, 0.3) is 0 Å². The van der Waals surface area contributed by atoms with Crippen molar-refractivity contribution in [2.24, 2.45) is 0 Å². The Bertz CT molecular complexity index is 584. The molecule has 0 atom stereocenters. The number of carbonyl (C=O) groups is 3. The highest BCUT2D eigenvalue weighted by atomic mass is 16.6. The Morgan fingerprint density at radius 1 is 1.38 bits per heavy atom. The first-order valence-electron chi connectivity index (χ1n) is 6.04. The van der Waals surface area contributed by atoms with Gasteiger partial charge in [0.1, 0.15) is 6.61 Å². The predicted octanol–water partition coefficient (Wildman–Crippen LogP) is 0.751. The van der Waals surface area contributed by atoms with E-state index in [0.717, 1.165) is 4.90 Å². The van der Waals surface area contributed by atoms with Crippen molar-refractivity contribution in [1.82, 2.24) is 4.90 Å². The third kappa shape index (κ3) is 3.22. The van der Waals surface area contributed by atoms with Crippen LogP contribution in [-0.2, 0) is 9.53 Å². The van der Waals surface area contributed by atoms with Crippen LogP contribution in [0.2, 0.25) is 0 Å². The number of rotatable bonds is 5. The molecule has 8 nitrogen and oxygen atoms in total. The molecule has 1 aliphatic rings. The molecular weight excluding hydrogens is 282 g/mol. The molecule has 1 saturated heterocycles. The highest BCUT2D eigenvalue weighted by Crippen LogP contribution is 2.28. The number of carbonyl (C=O) groups excluding carboxylic acids is 2. The fraction of sp³-hybridized carbons (Fsp3) is 0.308. The molecule has 1 aromatic rings. The summed E-state index contributed by atoms with van der Waals surface area (Å²) in [4.78, 5) is 34.8. The Morgan fingerprint density at radius 2 is 2.14 bits per heavy atom. The van der Waals surface area contributed by atoms with E-state index in [9.17, 15) is 14.4 Å². The first-order valence-corrected chi connectivity index (χ1v) is 6.04. The maximum absolute atomic E-state index is 11.8. The Morgan fingerprint density at radius 3 is 2.71 bits per heavy atom. The second-order valence-electron chi connectivity index (χ2n) is 4.12. The first-order chi connectivity index (χ1) is 10.0. The maximum atomic E-state index is 11.8. The fourth-order valence-electron chi connectivity index (χ4n) is 1.76. The molecule has 2 rings (SSSR count). The van der Waals surface area contributed by atoms with Crippen LogP contribution in [0.3, 0.4) is 0 Å². The van der Waals surface area contributed by atoms with Gasteiger partial charge in [-0.2, -0.15) is 0 Å². The zero-order valence-corrected chi connectivity index (χ0v) is 11.2. The summed E-state index contributed by atoms with van der Waals surface area (Å²) in [6.07, 6.45) is -0.697. The molecule has 0 radical (unpaired) electrons. The number of methoxy groups -OCH3 is 1. The fourth-order valence-corrected chi connectivity index (χ4v) is 1.76. The summed E-state index contributed by atoms with van der Waals surface area (Å²) in [7, 11) is 1.35. The van der Waals surface area contributed by atoms with Gasteiger partial charge >= 0.3 is 12.1 Å². The highest BCUT2D eigenvalue weighted by Gasteiger charge is 2.28. The van der Waals surface area contributed by atoms with Gasteiger partial charge in [-0.15, -0.1) is 0 Å². The third-order valence-corrected chi connectivity index (χ3v) is 2.82. The number of ether oxygens (including phenoxy) is 3. The van der Waals surface area contributed by atoms with Gasteiger partial charge in [0.05, 0.1) is 19.2 Å². The van der Waals surface area contributed by atoms with E-state index in [2.05, 4.69) is 4.74 Å². The van der Waals surface area contributed by atoms with Crippen molar-refractivity contribution < 1.29 is 33.7 Å². The lowest BCUT2D eigenvalue weighted by Crippen LogP contribution is -2.35. The van der Waals surface area contributed by atoms with Crippen molar-refractivity contribution in [1.29, 1.82) is 0 Å². The maximum Gasteiger partial charge on any atom is 0.416 e. The average molecular weight is 295 g/mol. The Kier molecular flexibility index (Phi) is 4.27. The summed E-state index contributed by atoms with van der Waals surface area (Å²) in [5.41, 5.74) is 0.0358. The van der Waals surface area contributed by atoms with Crippen molar-refractivity contribution in [2.75, 3.05) is 26.9 Å². The topological polar surface area (TPSA) is 102 Å². The van der Waals surface area contributed by atoms with Crippen molar-refractivity contribution in [3.8, 4) is 11.5 Å². The van der Waals surface area contributed by atoms with Crippen LogP contribution in [0.15, 0.2) is 18.2 Å². The van der Waals surface area contributed by atoms with E-state index in [4.69, 9.17) is 14.6 Å². The third-order valence-electron chi connectivity index (χ3n) is 2.82. The number of carboxylic acid groups (broad SMARTS) is 1. The van der Waals surface area contributed by atoms with Crippen LogP contribution in [0.5, 0.6) is 11.5 Å². The van der Waals surface area contributed by atoms with Gasteiger partial charge < -0.3 is 19.3 Å². The van der Waals surface area contributed by atoms with E-state index >= 15 is 0 Å². The summed E-state index contributed by atoms with van der Waals surface area (Å²) in [6.45, 7) is -0.0187. The zero-order valence-electron chi connectivity index (χ0n) is 11.2. The second kappa shape index (κ2) is 6.12. The van der Waals surface area contributed by atoms with E-state index in [-0.39, 0.29) is 36.8 Å². The molecule has 1 fully saturated rings. The number of carboxylic acids is 1. The van der Waals surface area contributed by atoms with Gasteiger partial charge in [0.15, 0.2) is 18.1 Å². The number of nitrogens with zero attached hydrogens (tertiary/aromatic N) is 1. The van der Waals surface area contributed by atoms with Crippen molar-refractivity contribution >= 4 is 18.0 Å². The smallest absolute Gasteiger partial charge is 0.416 e. The lowest BCUT2D eigenvalue weighted by molar-refractivity contribution is -0.129. The number of amides is 2. The van der Waals surface area contributed by atoms with E-state index in [1.807, 2.05) is 0 Å². The molecule has 0 spiro atoms. The lowest BCUT2D eigenvalue weighted by atomic mass is 10.2. The number of imide groups is 1. The summed E-state index contributed by atoms with van der Waals surface area (Å²) < 4.78 is 14.9. The molecule has 0 aliphatic carbocycles. The molecule has 1 N–H and O–H groups in total. The number of cyclic esters (lactones) is 1. The number of benzene rings is 1. The first kappa shape index (κ1) is 14.6. The SMILES string of the molecule is COc1cc(C(=O)O)ccc1OCC(=O)N1CCOC1=O. The second-order valence-corrected chi connectivity index (χ2v) is 4.12. The van der Waals surface area contributed by atoms with Crippen molar-refractivity contribution in [3.63, 3.8) is 0 Å². The van der Waals surface area contributed by atoms with Crippen LogP contribution < -0.4 is 9.47 Å². The molecule has 1 aliphatic heterocycles. The van der Waals surface area contributed by atoms with E-state index in [0.29, 0.717) is 0 Å². The highest BCUT2D eigenvalue weighted by molar-refractivity contribution is 5.93. The van der Waals surface area contributed by atoms with E-state index < -0.39 is 18.0 Å². The summed E-state index contributed by atoms with van der Waals surface area (Å²) >= 11 is 0. The van der Waals surface area contributed by atoms with Crippen LogP contribution in [0.1, 0.15) is 10.4 Å². The molecular formula is C13H13NO7. The van der Waals surface area contributed by atoms with Gasteiger partial charge in [-0.05, 0) is 18.2 Å². The minimum absolute atomic E-state index is 0.0358. The molecule has 0 saturated carbocycles. The number of hydrogen-bond acceptors (Lipinski definition) is 6. The van der Waals surface area contributed by atoms with Gasteiger partial charge in [-0.1, -0.05) is 0 Å². The zero-order chi connectivity index (χ0) is 15.4. The lowest BCUT2D eigenvalue weighted by Gasteiger charge is -2.13. The van der Waals surface area contributed by atoms with Crippen LogP contribution in [0.4, 0.5) is 4.79 Å². The molecule has 0 unspecified atom stereocenters. The summed E-state index contributed by atoms with van der Waals surface area (Å²) in [5.74, 6) is -1.24. The average Bonchev–Trinajstić information content (AvgIpc) is 2.90. The van der Waals surface area contributed by atoms with Gasteiger partial charge in [0.2, 0.25) is 0 Å². The number of hydrogen-bond donors (Lipinski definition) is 1. The van der Waals surface area contributed by atoms with E-state index in [1.54, 1.807) is 0 Å². The van der Waals surface area contributed by atoms with Crippen molar-refractivity contribution in [2.45, 2.75) is 0 Å². The Labute approximate surface area is 119 Å². The minimum atomic E-state index is -1.10. The van der Waals surface area contributed by atoms with Crippen LogP contribution in [-0.4, -0.2) is 54.8 Å². The van der Waals surface area contributed by atoms with Gasteiger partial charge in [0, 0.05) is 0 Å². The quantitative estimate of drug-likeness (QED) is 0.855. The predicted molar refractivity (Wildman–Crippen MR) is 68.5 cm³/mol. The molecule has 0 bridgehead atoms. The molecule has 1 heterocycles. The van der Waals surface area contributed by atoms with Crippen LogP contribution >= 0.6 is 0 Å². The summed E-state index contributed by atoms with van der Waals surface area (Å²) in [5, 5.41) is 8.88. The molecule has 0 aromatic heterocycles. The monoisotopic (exact) mass is 295 g/mol. The standard InChI is InChI=1S/C13H13NO7/c1-19-10-6-8(12(16)17)2-3-9(10)21-7-11(15)14-4-5-20-13(14)18/h2-3,6H,4-5,7H2,1H3,(H,16,17). The Hall–Kier alpha value is -2.77. The minimum Gasteiger partial charge on any atom is -0.493 e. The van der Waals surface area contributed by atoms with Gasteiger partial charge in [0.25, 0.3) is 5.91 Å². The van der Waals surface area contributed by atoms with Crippen molar-refractivity contribution in [3.05, 3.63) is 23.8 Å². The molecule has 21 heavy (non-hydrogen) atoms. The molecule has 1 aromatic carbocycles. The van der Waals surface area contributed by atoms with E-state index in [1.165, 1.54) is 25.3 Å². The summed E-state index contributed by atoms with van der Waals surface area (Å²) in [6, 6.07) is 4.00. The van der Waals surface area contributed by atoms with Crippen LogP contribution in [0, 0.1) is 0 Å². The number of aromatic carboxylic acids is 1. The molecule has 8 heteroatoms. The normalized spacial score (nSPS) is 13.8. The largest absolute Gasteiger partial charge is 0.493 e. The molecule has 2 amide bonds. The van der Waals surface area contributed by atoms with Gasteiger partial charge in [-0.3, -0.25) is 4.79 Å². The molecule has 112 valence electrons.